The number of para-hydroxylation sites is 1. The van der Waals surface area contributed by atoms with Gasteiger partial charge in [0.15, 0.2) is 0 Å². The maximum absolute atomic E-state index is 5.59. The lowest BCUT2D eigenvalue weighted by molar-refractivity contribution is 0.123. The van der Waals surface area contributed by atoms with Gasteiger partial charge in [0.2, 0.25) is 0 Å². The van der Waals surface area contributed by atoms with Gasteiger partial charge in [-0.05, 0) is 42.7 Å². The molecule has 2 aromatic carbocycles. The van der Waals surface area contributed by atoms with Crippen molar-refractivity contribution < 1.29 is 14.9 Å². The van der Waals surface area contributed by atoms with Crippen molar-refractivity contribution in [3.8, 4) is 17.0 Å². The number of anilines is 1. The molecule has 1 saturated heterocycles. The zero-order chi connectivity index (χ0) is 17.5. The molecule has 0 unspecified atom stereocenters. The highest BCUT2D eigenvalue weighted by Crippen LogP contribution is 2.42. The van der Waals surface area contributed by atoms with Crippen LogP contribution < -0.4 is 9.64 Å². The zero-order valence-corrected chi connectivity index (χ0v) is 15.5. The molecule has 5 nitrogen and oxygen atoms in total. The molecule has 0 spiro atoms. The summed E-state index contributed by atoms with van der Waals surface area (Å²) in [6, 6.07) is 14.9. The number of rotatable bonds is 2. The Balaban J connectivity index is 0.00000180. The molecule has 0 amide bonds. The Bertz CT molecular complexity index is 981. The third kappa shape index (κ3) is 2.93. The first-order valence-electron chi connectivity index (χ1n) is 9.27. The number of aryl methyl sites for hydroxylation is 1. The molecule has 27 heavy (non-hydrogen) atoms. The van der Waals surface area contributed by atoms with Crippen LogP contribution in [0, 0.1) is 0 Å². The number of pyridine rings is 1. The molecule has 3 aromatic rings. The largest absolute Gasteiger partial charge is 0.497 e. The Morgan fingerprint density at radius 3 is 2.67 bits per heavy atom. The lowest BCUT2D eigenvalue weighted by atomic mass is 9.86. The molecule has 0 bridgehead atoms. The van der Waals surface area contributed by atoms with E-state index in [9.17, 15) is 0 Å². The predicted molar refractivity (Wildman–Crippen MR) is 108 cm³/mol. The Labute approximate surface area is 158 Å². The molecule has 140 valence electrons. The van der Waals surface area contributed by atoms with E-state index < -0.39 is 0 Å². The van der Waals surface area contributed by atoms with Gasteiger partial charge in [-0.15, -0.1) is 0 Å². The monoisotopic (exact) mass is 364 g/mol. The first-order chi connectivity index (χ1) is 12.8. The van der Waals surface area contributed by atoms with Crippen molar-refractivity contribution >= 4 is 16.6 Å². The smallest absolute Gasteiger partial charge is 0.119 e. The summed E-state index contributed by atoms with van der Waals surface area (Å²) < 4.78 is 11.0. The van der Waals surface area contributed by atoms with Crippen LogP contribution in [0.4, 0.5) is 5.69 Å². The third-order valence-corrected chi connectivity index (χ3v) is 5.50. The first-order valence-corrected chi connectivity index (χ1v) is 9.27. The van der Waals surface area contributed by atoms with Gasteiger partial charge in [-0.3, -0.25) is 0 Å². The van der Waals surface area contributed by atoms with Gasteiger partial charge in [0, 0.05) is 29.6 Å². The molecule has 1 aliphatic heterocycles. The molecule has 5 rings (SSSR count). The fourth-order valence-electron chi connectivity index (χ4n) is 4.24. The second-order valence-corrected chi connectivity index (χ2v) is 6.93. The van der Waals surface area contributed by atoms with E-state index in [2.05, 4.69) is 41.3 Å². The molecule has 1 aromatic heterocycles. The van der Waals surface area contributed by atoms with Gasteiger partial charge in [-0.25, -0.2) is 4.98 Å². The van der Waals surface area contributed by atoms with Crippen LogP contribution in [0.2, 0.25) is 0 Å². The Morgan fingerprint density at radius 1 is 1.04 bits per heavy atom. The van der Waals surface area contributed by atoms with E-state index in [1.807, 2.05) is 6.07 Å². The van der Waals surface area contributed by atoms with E-state index >= 15 is 0 Å². The number of methoxy groups -OCH3 is 1. The number of morpholine rings is 1. The summed E-state index contributed by atoms with van der Waals surface area (Å²) >= 11 is 0. The minimum Gasteiger partial charge on any atom is -0.497 e. The average Bonchev–Trinajstić information content (AvgIpc) is 2.72. The second-order valence-electron chi connectivity index (χ2n) is 6.93. The van der Waals surface area contributed by atoms with E-state index in [0.29, 0.717) is 0 Å². The SMILES string of the molecule is COc1ccc2c(c1)CCc1c-2nc2ccccc2c1N1CCOCC1.O. The summed E-state index contributed by atoms with van der Waals surface area (Å²) in [7, 11) is 1.72. The lowest BCUT2D eigenvalue weighted by Gasteiger charge is -2.34. The van der Waals surface area contributed by atoms with Crippen molar-refractivity contribution in [3.05, 3.63) is 53.6 Å². The zero-order valence-electron chi connectivity index (χ0n) is 15.5. The van der Waals surface area contributed by atoms with Crippen molar-refractivity contribution in [2.24, 2.45) is 0 Å². The third-order valence-electron chi connectivity index (χ3n) is 5.50. The van der Waals surface area contributed by atoms with Crippen molar-refractivity contribution in [1.82, 2.24) is 4.98 Å². The molecular formula is C22H24N2O3. The molecule has 1 aliphatic carbocycles. The summed E-state index contributed by atoms with van der Waals surface area (Å²) in [5.74, 6) is 0.918. The Hall–Kier alpha value is -2.63. The van der Waals surface area contributed by atoms with E-state index in [4.69, 9.17) is 14.5 Å². The molecule has 2 heterocycles. The van der Waals surface area contributed by atoms with Crippen LogP contribution in [0.1, 0.15) is 11.1 Å². The highest BCUT2D eigenvalue weighted by Gasteiger charge is 2.26. The van der Waals surface area contributed by atoms with Gasteiger partial charge in [0.25, 0.3) is 0 Å². The highest BCUT2D eigenvalue weighted by molar-refractivity contribution is 5.97. The van der Waals surface area contributed by atoms with Crippen molar-refractivity contribution in [3.63, 3.8) is 0 Å². The Kier molecular flexibility index (Phi) is 4.72. The van der Waals surface area contributed by atoms with Crippen molar-refractivity contribution in [1.29, 1.82) is 0 Å². The number of benzene rings is 2. The normalized spacial score (nSPS) is 15.7. The molecule has 2 N–H and O–H groups in total. The van der Waals surface area contributed by atoms with Crippen LogP contribution in [0.15, 0.2) is 42.5 Å². The maximum Gasteiger partial charge on any atom is 0.119 e. The van der Waals surface area contributed by atoms with E-state index in [1.54, 1.807) is 7.11 Å². The summed E-state index contributed by atoms with van der Waals surface area (Å²) in [5, 5.41) is 1.25. The van der Waals surface area contributed by atoms with Gasteiger partial charge in [-0.2, -0.15) is 0 Å². The standard InChI is InChI=1S/C22H22N2O2.H2O/c1-25-16-7-9-17-15(14-16)6-8-19-21(17)23-20-5-3-2-4-18(20)22(19)24-10-12-26-13-11-24;/h2-5,7,9,14H,6,8,10-13H2,1H3;1H2. The lowest BCUT2D eigenvalue weighted by Crippen LogP contribution is -2.37. The van der Waals surface area contributed by atoms with Crippen LogP contribution in [-0.4, -0.2) is 43.9 Å². The number of ether oxygens (including phenoxy) is 2. The molecule has 5 heteroatoms. The molecule has 0 saturated carbocycles. The minimum absolute atomic E-state index is 0. The van der Waals surface area contributed by atoms with Crippen LogP contribution in [-0.2, 0) is 17.6 Å². The van der Waals surface area contributed by atoms with Crippen LogP contribution in [0.25, 0.3) is 22.2 Å². The number of hydrogen-bond acceptors (Lipinski definition) is 4. The van der Waals surface area contributed by atoms with Gasteiger partial charge in [0.1, 0.15) is 5.75 Å². The Morgan fingerprint density at radius 2 is 1.85 bits per heavy atom. The molecule has 2 aliphatic rings. The number of nitrogens with zero attached hydrogens (tertiary/aromatic N) is 2. The minimum atomic E-state index is 0. The summed E-state index contributed by atoms with van der Waals surface area (Å²) in [5.41, 5.74) is 7.50. The van der Waals surface area contributed by atoms with Gasteiger partial charge >= 0.3 is 0 Å². The number of aromatic nitrogens is 1. The molecule has 0 atom stereocenters. The van der Waals surface area contributed by atoms with E-state index in [1.165, 1.54) is 27.8 Å². The van der Waals surface area contributed by atoms with Gasteiger partial charge in [0.05, 0.1) is 37.2 Å². The van der Waals surface area contributed by atoms with Crippen LogP contribution in [0.3, 0.4) is 0 Å². The van der Waals surface area contributed by atoms with Crippen LogP contribution >= 0.6 is 0 Å². The summed E-state index contributed by atoms with van der Waals surface area (Å²) in [6.07, 6.45) is 2.04. The molecular weight excluding hydrogens is 340 g/mol. The summed E-state index contributed by atoms with van der Waals surface area (Å²) in [4.78, 5) is 7.56. The molecule has 1 fully saturated rings. The average molecular weight is 364 g/mol. The highest BCUT2D eigenvalue weighted by atomic mass is 16.5. The number of hydrogen-bond donors (Lipinski definition) is 0. The van der Waals surface area contributed by atoms with E-state index in [0.717, 1.165) is 56.1 Å². The van der Waals surface area contributed by atoms with Crippen LogP contribution in [0.5, 0.6) is 5.75 Å². The second kappa shape index (κ2) is 7.18. The van der Waals surface area contributed by atoms with Crippen molar-refractivity contribution in [2.75, 3.05) is 38.3 Å². The topological polar surface area (TPSA) is 66.1 Å². The van der Waals surface area contributed by atoms with Crippen molar-refractivity contribution in [2.45, 2.75) is 12.8 Å². The fourth-order valence-corrected chi connectivity index (χ4v) is 4.24. The van der Waals surface area contributed by atoms with Gasteiger partial charge < -0.3 is 19.8 Å². The molecule has 0 radical (unpaired) electrons. The maximum atomic E-state index is 5.59. The van der Waals surface area contributed by atoms with E-state index in [-0.39, 0.29) is 5.48 Å². The number of fused-ring (bicyclic) bond motifs is 4. The van der Waals surface area contributed by atoms with Gasteiger partial charge in [-0.1, -0.05) is 18.2 Å². The predicted octanol–water partition coefficient (Wildman–Crippen LogP) is 3.02. The first kappa shape index (κ1) is 17.8. The quantitative estimate of drug-likeness (QED) is 0.701. The summed E-state index contributed by atoms with van der Waals surface area (Å²) in [6.45, 7) is 3.46. The fraction of sp³-hybridized carbons (Fsp3) is 0.318.